The molecule has 1 aliphatic carbocycles. The van der Waals surface area contributed by atoms with Crippen LogP contribution in [0.5, 0.6) is 5.75 Å². The molecule has 168 valence electrons. The van der Waals surface area contributed by atoms with Crippen molar-refractivity contribution >= 4 is 17.8 Å². The highest BCUT2D eigenvalue weighted by Crippen LogP contribution is 2.45. The SMILES string of the molecule is Cc1ccc2c(c1)OC(C)(C)CC2NC(=O)[C@@H]1C[C@H]1[C@@H](C)N1C(=N)NC(C)(C)CC1=O. The van der Waals surface area contributed by atoms with Gasteiger partial charge in [-0.25, -0.2) is 0 Å². The number of hydrogen-bond acceptors (Lipinski definition) is 4. The topological polar surface area (TPSA) is 94.5 Å². The highest BCUT2D eigenvalue weighted by atomic mass is 16.5. The minimum Gasteiger partial charge on any atom is -0.487 e. The standard InChI is InChI=1S/C24H34N4O3/c1-13-7-8-15-18(11-24(5,6)31-19(15)9-13)26-21(30)17-10-16(17)14(2)28-20(29)12-23(3,4)27-22(28)25/h7-9,14,16-18H,10-12H2,1-6H3,(H2,25,27)(H,26,30)/t14-,16+,17-,18?/m1/s1. The average Bonchev–Trinajstić information content (AvgIpc) is 3.39. The number of nitrogens with one attached hydrogen (secondary N) is 3. The van der Waals surface area contributed by atoms with Gasteiger partial charge in [-0.2, -0.15) is 0 Å². The third-order valence-electron chi connectivity index (χ3n) is 6.71. The summed E-state index contributed by atoms with van der Waals surface area (Å²) >= 11 is 0. The highest BCUT2D eigenvalue weighted by molar-refractivity contribution is 5.99. The Hall–Kier alpha value is -2.57. The lowest BCUT2D eigenvalue weighted by Gasteiger charge is -2.41. The van der Waals surface area contributed by atoms with Crippen LogP contribution in [0.2, 0.25) is 0 Å². The summed E-state index contributed by atoms with van der Waals surface area (Å²) in [5.41, 5.74) is 1.38. The largest absolute Gasteiger partial charge is 0.487 e. The van der Waals surface area contributed by atoms with Crippen LogP contribution in [0.4, 0.5) is 0 Å². The lowest BCUT2D eigenvalue weighted by molar-refractivity contribution is -0.132. The van der Waals surface area contributed by atoms with Crippen LogP contribution in [0.25, 0.3) is 0 Å². The molecule has 7 heteroatoms. The second kappa shape index (κ2) is 7.24. The molecule has 0 radical (unpaired) electrons. The van der Waals surface area contributed by atoms with Crippen LogP contribution >= 0.6 is 0 Å². The number of rotatable bonds is 4. The van der Waals surface area contributed by atoms with Crippen molar-refractivity contribution in [2.24, 2.45) is 11.8 Å². The Morgan fingerprint density at radius 1 is 1.32 bits per heavy atom. The number of benzene rings is 1. The number of carbonyl (C=O) groups excluding carboxylic acids is 2. The quantitative estimate of drug-likeness (QED) is 0.689. The number of fused-ring (bicyclic) bond motifs is 1. The number of ether oxygens (including phenoxy) is 1. The normalized spacial score (nSPS) is 29.4. The van der Waals surface area contributed by atoms with Crippen molar-refractivity contribution in [3.63, 3.8) is 0 Å². The van der Waals surface area contributed by atoms with Crippen molar-refractivity contribution in [1.82, 2.24) is 15.5 Å². The fourth-order valence-corrected chi connectivity index (χ4v) is 5.05. The molecule has 1 saturated heterocycles. The van der Waals surface area contributed by atoms with E-state index >= 15 is 0 Å². The third kappa shape index (κ3) is 4.27. The molecule has 0 bridgehead atoms. The summed E-state index contributed by atoms with van der Waals surface area (Å²) in [6.07, 6.45) is 1.79. The first-order chi connectivity index (χ1) is 14.4. The molecule has 2 fully saturated rings. The average molecular weight is 427 g/mol. The van der Waals surface area contributed by atoms with Gasteiger partial charge < -0.3 is 15.4 Å². The fourth-order valence-electron chi connectivity index (χ4n) is 5.05. The van der Waals surface area contributed by atoms with E-state index in [-0.39, 0.29) is 47.3 Å². The fraction of sp³-hybridized carbons (Fsp3) is 0.625. The summed E-state index contributed by atoms with van der Waals surface area (Å²) in [6.45, 7) is 11.9. The molecule has 4 rings (SSSR count). The molecule has 2 aliphatic heterocycles. The summed E-state index contributed by atoms with van der Waals surface area (Å²) in [7, 11) is 0. The van der Waals surface area contributed by atoms with E-state index in [1.807, 2.05) is 59.7 Å². The van der Waals surface area contributed by atoms with Crippen molar-refractivity contribution in [3.8, 4) is 5.75 Å². The van der Waals surface area contributed by atoms with Gasteiger partial charge in [-0.1, -0.05) is 12.1 Å². The molecule has 1 aromatic carbocycles. The molecule has 2 amide bonds. The van der Waals surface area contributed by atoms with Gasteiger partial charge in [-0.15, -0.1) is 0 Å². The third-order valence-corrected chi connectivity index (χ3v) is 6.71. The monoisotopic (exact) mass is 426 g/mol. The van der Waals surface area contributed by atoms with Crippen molar-refractivity contribution in [1.29, 1.82) is 5.41 Å². The van der Waals surface area contributed by atoms with Crippen molar-refractivity contribution in [2.75, 3.05) is 0 Å². The van der Waals surface area contributed by atoms with Crippen molar-refractivity contribution < 1.29 is 14.3 Å². The van der Waals surface area contributed by atoms with Crippen LogP contribution in [0.3, 0.4) is 0 Å². The van der Waals surface area contributed by atoms with Gasteiger partial charge in [0.1, 0.15) is 11.4 Å². The van der Waals surface area contributed by atoms with E-state index in [4.69, 9.17) is 10.1 Å². The molecule has 1 unspecified atom stereocenters. The smallest absolute Gasteiger partial charge is 0.231 e. The van der Waals surface area contributed by atoms with Crippen LogP contribution in [0.1, 0.15) is 71.0 Å². The number of hydrogen-bond donors (Lipinski definition) is 3. The van der Waals surface area contributed by atoms with E-state index in [0.717, 1.165) is 23.3 Å². The number of carbonyl (C=O) groups is 2. The van der Waals surface area contributed by atoms with E-state index in [9.17, 15) is 9.59 Å². The molecule has 1 saturated carbocycles. The zero-order chi connectivity index (χ0) is 22.7. The number of nitrogens with zero attached hydrogens (tertiary/aromatic N) is 1. The molecular formula is C24H34N4O3. The molecule has 0 aromatic heterocycles. The van der Waals surface area contributed by atoms with Gasteiger partial charge in [0, 0.05) is 35.9 Å². The Labute approximate surface area is 184 Å². The van der Waals surface area contributed by atoms with E-state index in [2.05, 4.69) is 10.6 Å². The number of aryl methyl sites for hydroxylation is 1. The lowest BCUT2D eigenvalue weighted by atomic mass is 9.89. The minimum atomic E-state index is -0.410. The van der Waals surface area contributed by atoms with Gasteiger partial charge in [0.05, 0.1) is 6.04 Å². The summed E-state index contributed by atoms with van der Waals surface area (Å²) < 4.78 is 6.14. The van der Waals surface area contributed by atoms with Gasteiger partial charge in [0.25, 0.3) is 0 Å². The van der Waals surface area contributed by atoms with Crippen molar-refractivity contribution in [2.45, 2.75) is 84.0 Å². The molecule has 4 atom stereocenters. The maximum Gasteiger partial charge on any atom is 0.231 e. The summed E-state index contributed by atoms with van der Waals surface area (Å²) in [5, 5.41) is 14.6. The first-order valence-electron chi connectivity index (χ1n) is 11.2. The highest BCUT2D eigenvalue weighted by Gasteiger charge is 2.51. The second-order valence-electron chi connectivity index (χ2n) is 10.7. The van der Waals surface area contributed by atoms with E-state index in [1.165, 1.54) is 4.90 Å². The zero-order valence-corrected chi connectivity index (χ0v) is 19.3. The predicted octanol–water partition coefficient (Wildman–Crippen LogP) is 3.27. The van der Waals surface area contributed by atoms with Crippen LogP contribution in [-0.4, -0.2) is 39.9 Å². The molecule has 3 N–H and O–H groups in total. The molecule has 1 aromatic rings. The Balaban J connectivity index is 1.43. The Morgan fingerprint density at radius 2 is 2.03 bits per heavy atom. The summed E-state index contributed by atoms with van der Waals surface area (Å²) in [5.74, 6) is 0.875. The molecule has 2 heterocycles. The number of amides is 2. The first kappa shape index (κ1) is 21.7. The molecule has 3 aliphatic rings. The lowest BCUT2D eigenvalue weighted by Crippen LogP contribution is -2.62. The van der Waals surface area contributed by atoms with E-state index in [1.54, 1.807) is 0 Å². The zero-order valence-electron chi connectivity index (χ0n) is 19.3. The predicted molar refractivity (Wildman–Crippen MR) is 119 cm³/mol. The van der Waals surface area contributed by atoms with Crippen LogP contribution in [-0.2, 0) is 9.59 Å². The van der Waals surface area contributed by atoms with E-state index in [0.29, 0.717) is 12.8 Å². The van der Waals surface area contributed by atoms with Gasteiger partial charge in [-0.3, -0.25) is 19.9 Å². The molecule has 31 heavy (non-hydrogen) atoms. The first-order valence-corrected chi connectivity index (χ1v) is 11.2. The Kier molecular flexibility index (Phi) is 5.06. The Morgan fingerprint density at radius 3 is 2.71 bits per heavy atom. The summed E-state index contributed by atoms with van der Waals surface area (Å²) in [4.78, 5) is 27.3. The Bertz CT molecular complexity index is 919. The van der Waals surface area contributed by atoms with Crippen molar-refractivity contribution in [3.05, 3.63) is 29.3 Å². The van der Waals surface area contributed by atoms with E-state index < -0.39 is 5.54 Å². The van der Waals surface area contributed by atoms with Gasteiger partial charge >= 0.3 is 0 Å². The summed E-state index contributed by atoms with van der Waals surface area (Å²) in [6, 6.07) is 5.84. The van der Waals surface area contributed by atoms with Gasteiger partial charge in [-0.05, 0) is 65.5 Å². The molecule has 0 spiro atoms. The van der Waals surface area contributed by atoms with Crippen LogP contribution in [0, 0.1) is 24.2 Å². The maximum absolute atomic E-state index is 13.1. The second-order valence-corrected chi connectivity index (χ2v) is 10.7. The molecular weight excluding hydrogens is 392 g/mol. The van der Waals surface area contributed by atoms with Crippen LogP contribution < -0.4 is 15.4 Å². The van der Waals surface area contributed by atoms with Gasteiger partial charge in [0.15, 0.2) is 5.96 Å². The van der Waals surface area contributed by atoms with Gasteiger partial charge in [0.2, 0.25) is 11.8 Å². The number of guanidine groups is 1. The van der Waals surface area contributed by atoms with Crippen LogP contribution in [0.15, 0.2) is 18.2 Å². The minimum absolute atomic E-state index is 0.0235. The maximum atomic E-state index is 13.1. The molecule has 7 nitrogen and oxygen atoms in total.